The van der Waals surface area contributed by atoms with Crippen molar-refractivity contribution in [3.05, 3.63) is 212 Å². The molecule has 0 unspecified atom stereocenters. The van der Waals surface area contributed by atoms with Crippen molar-refractivity contribution in [1.82, 2.24) is 14.1 Å². The zero-order valence-electron chi connectivity index (χ0n) is 40.0. The van der Waals surface area contributed by atoms with Crippen molar-refractivity contribution in [3.63, 3.8) is 0 Å². The molecule has 1 aliphatic heterocycles. The molecule has 0 saturated carbocycles. The summed E-state index contributed by atoms with van der Waals surface area (Å²) in [4.78, 5) is 4.84. The Kier molecular flexibility index (Phi) is 8.27. The molecule has 0 atom stereocenters. The van der Waals surface area contributed by atoms with Gasteiger partial charge in [-0.05, 0) is 90.8 Å². The van der Waals surface area contributed by atoms with E-state index in [4.69, 9.17) is 16.6 Å². The number of hydrogen-bond donors (Lipinski definition) is 0. The van der Waals surface area contributed by atoms with Gasteiger partial charge in [0.15, 0.2) is 0 Å². The van der Waals surface area contributed by atoms with E-state index in [0.717, 1.165) is 77.7 Å². The van der Waals surface area contributed by atoms with E-state index in [1.54, 1.807) is 0 Å². The van der Waals surface area contributed by atoms with Crippen LogP contribution in [0.15, 0.2) is 188 Å². The first-order valence-electron chi connectivity index (χ1n) is 23.5. The van der Waals surface area contributed by atoms with Crippen molar-refractivity contribution in [1.29, 1.82) is 0 Å². The van der Waals surface area contributed by atoms with Crippen LogP contribution in [0.2, 0.25) is 0 Å². The number of imidazole rings is 1. The van der Waals surface area contributed by atoms with Gasteiger partial charge in [-0.25, -0.2) is 4.98 Å². The zero-order valence-corrected chi connectivity index (χ0v) is 37.3. The molecule has 0 amide bonds. The molecule has 5 nitrogen and oxygen atoms in total. The number of aromatic nitrogens is 4. The first-order valence-corrected chi connectivity index (χ1v) is 21.0. The third-order valence-corrected chi connectivity index (χ3v) is 12.0. The Hall–Kier alpha value is -7.33. The van der Waals surface area contributed by atoms with Crippen molar-refractivity contribution >= 4 is 32.8 Å². The molecule has 12 rings (SSSR count). The summed E-state index contributed by atoms with van der Waals surface area (Å²) >= 11 is 0. The van der Waals surface area contributed by atoms with Gasteiger partial charge in [-0.2, -0.15) is 18.2 Å². The average molecular weight is 1010 g/mol. The van der Waals surface area contributed by atoms with E-state index in [1.807, 2.05) is 102 Å². The van der Waals surface area contributed by atoms with Gasteiger partial charge in [-0.3, -0.25) is 4.57 Å². The molecule has 0 aliphatic carbocycles. The van der Waals surface area contributed by atoms with Crippen molar-refractivity contribution < 1.29 is 37.2 Å². The van der Waals surface area contributed by atoms with E-state index in [9.17, 15) is 0 Å². The molecule has 64 heavy (non-hydrogen) atoms. The summed E-state index contributed by atoms with van der Waals surface area (Å²) in [7, 11) is 0. The van der Waals surface area contributed by atoms with Crippen LogP contribution in [-0.4, -0.2) is 14.1 Å². The zero-order chi connectivity index (χ0) is 46.6. The Morgan fingerprint density at radius 2 is 1.28 bits per heavy atom. The van der Waals surface area contributed by atoms with Gasteiger partial charge >= 0.3 is 0 Å². The predicted octanol–water partition coefficient (Wildman–Crippen LogP) is 13.9. The van der Waals surface area contributed by atoms with Crippen LogP contribution in [0.3, 0.4) is 0 Å². The minimum Gasteiger partial charge on any atom is -0.510 e. The molecule has 0 saturated heterocycles. The third kappa shape index (κ3) is 6.42. The van der Waals surface area contributed by atoms with Gasteiger partial charge in [-0.15, -0.1) is 29.7 Å². The molecule has 0 bridgehead atoms. The predicted molar refractivity (Wildman–Crippen MR) is 254 cm³/mol. The summed E-state index contributed by atoms with van der Waals surface area (Å²) in [5, 5.41) is 2.14. The molecule has 6 heteroatoms. The normalized spacial score (nSPS) is 13.0. The van der Waals surface area contributed by atoms with Crippen LogP contribution >= 0.6 is 0 Å². The molecule has 0 radical (unpaired) electrons. The SMILES string of the molecule is [2H]c1c([2H])c([2H])c(-c2cccc3c2-c2ccccc2-[n+]2[c-]n(-c4[c-]c(Oc5[c-]c6c(cc5)c5ccccc5n6-c5cc(C(C)(C)C)ccn5)ccc4)c4cccc(c42)-c2ccccc2-3)c([2H])c1[2H].[Pt]. The minimum absolute atomic E-state index is 0. The van der Waals surface area contributed by atoms with Gasteiger partial charge in [0.25, 0.3) is 6.33 Å². The summed E-state index contributed by atoms with van der Waals surface area (Å²) in [5.74, 6) is 1.84. The smallest absolute Gasteiger partial charge is 0.268 e. The fourth-order valence-corrected chi connectivity index (χ4v) is 9.14. The Balaban J connectivity index is 0.00000520. The second-order valence-electron chi connectivity index (χ2n) is 16.8. The Morgan fingerprint density at radius 1 is 0.609 bits per heavy atom. The Labute approximate surface area is 393 Å². The van der Waals surface area contributed by atoms with Crippen LogP contribution in [0, 0.1) is 18.5 Å². The largest absolute Gasteiger partial charge is 0.510 e. The van der Waals surface area contributed by atoms with Crippen LogP contribution in [0.5, 0.6) is 11.5 Å². The van der Waals surface area contributed by atoms with Gasteiger partial charge in [0, 0.05) is 44.3 Å². The molecule has 3 aromatic heterocycles. The molecule has 11 aromatic rings. The topological polar surface area (TPSA) is 35.9 Å². The fraction of sp³-hybridized carbons (Fsp3) is 0.0690. The second kappa shape index (κ2) is 15.5. The van der Waals surface area contributed by atoms with E-state index in [2.05, 4.69) is 109 Å². The van der Waals surface area contributed by atoms with E-state index in [1.165, 1.54) is 5.56 Å². The van der Waals surface area contributed by atoms with E-state index >= 15 is 0 Å². The molecule has 0 spiro atoms. The standard InChI is InChI=1S/C58H40N4O.Pt/c1-58(2,3)39-32-33-59-55(34-39)62-52-28-12-9-22-46(52)47-31-30-42(36-54(47)62)63-41-19-13-18-40(35-41)60-37-61-51-27-11-10-23-50(51)56-43(38-16-5-4-6-17-38)24-14-25-48(56)44-20-7-8-21-45(44)49-26-15-29-53(60)57(49)61;/h4-34H,1-3H3;/q-2;/i4D,5D,6D,16D,17D;. The molecule has 0 N–H and O–H groups in total. The maximum Gasteiger partial charge on any atom is 0.268 e. The van der Waals surface area contributed by atoms with E-state index < -0.39 is 6.04 Å². The number of nitrogens with zero attached hydrogens (tertiary/aromatic N) is 4. The minimum atomic E-state index is -0.431. The van der Waals surface area contributed by atoms with E-state index in [-0.39, 0.29) is 56.2 Å². The molecule has 310 valence electrons. The summed E-state index contributed by atoms with van der Waals surface area (Å²) < 4.78 is 56.6. The fourth-order valence-electron chi connectivity index (χ4n) is 9.14. The van der Waals surface area contributed by atoms with Crippen molar-refractivity contribution in [2.45, 2.75) is 26.2 Å². The van der Waals surface area contributed by atoms with Crippen LogP contribution in [0.1, 0.15) is 33.2 Å². The Bertz CT molecular complexity index is 3880. The summed E-state index contributed by atoms with van der Waals surface area (Å²) in [6.45, 7) is 6.61. The molecule has 1 aliphatic rings. The van der Waals surface area contributed by atoms with Gasteiger partial charge in [-0.1, -0.05) is 154 Å². The maximum atomic E-state index is 9.07. The second-order valence-corrected chi connectivity index (χ2v) is 16.8. The number of benzene rings is 8. The summed E-state index contributed by atoms with van der Waals surface area (Å²) in [6, 6.07) is 56.1. The average Bonchev–Trinajstić information content (AvgIpc) is 3.92. The number of pyridine rings is 1. The molecule has 4 heterocycles. The molecular weight excluding hydrogens is 964 g/mol. The van der Waals surface area contributed by atoms with Crippen LogP contribution in [0.4, 0.5) is 0 Å². The van der Waals surface area contributed by atoms with Gasteiger partial charge in [0.05, 0.1) is 23.6 Å². The van der Waals surface area contributed by atoms with Crippen molar-refractivity contribution in [2.24, 2.45) is 0 Å². The van der Waals surface area contributed by atoms with Gasteiger partial charge in [0.2, 0.25) is 0 Å². The van der Waals surface area contributed by atoms with Crippen LogP contribution < -0.4 is 9.30 Å². The quantitative estimate of drug-likeness (QED) is 0.127. The van der Waals surface area contributed by atoms with Crippen LogP contribution in [0.25, 0.3) is 94.5 Å². The summed E-state index contributed by atoms with van der Waals surface area (Å²) in [5.41, 5.74) is 12.3. The molecule has 0 fully saturated rings. The maximum absolute atomic E-state index is 9.07. The number of hydrogen-bond acceptors (Lipinski definition) is 2. The molecular formula is C58H40N4OPt-2. The first-order chi connectivity index (χ1) is 33.0. The molecule has 8 aromatic carbocycles. The first kappa shape index (κ1) is 34.2. The number of fused-ring (bicyclic) bond motifs is 10. The van der Waals surface area contributed by atoms with E-state index in [0.29, 0.717) is 22.7 Å². The van der Waals surface area contributed by atoms with Gasteiger partial charge in [0.1, 0.15) is 5.82 Å². The number of ether oxygens (including phenoxy) is 1. The summed E-state index contributed by atoms with van der Waals surface area (Å²) in [6.07, 6.45) is 5.58. The van der Waals surface area contributed by atoms with Crippen molar-refractivity contribution in [3.8, 4) is 73.2 Å². The van der Waals surface area contributed by atoms with Gasteiger partial charge < -0.3 is 13.9 Å². The number of rotatable bonds is 5. The monoisotopic (exact) mass is 1010 g/mol. The van der Waals surface area contributed by atoms with Crippen molar-refractivity contribution in [2.75, 3.05) is 0 Å². The Morgan fingerprint density at radius 3 is 2.12 bits per heavy atom. The number of para-hydroxylation sites is 3. The van der Waals surface area contributed by atoms with Crippen LogP contribution in [-0.2, 0) is 26.5 Å². The third-order valence-electron chi connectivity index (χ3n) is 12.0.